The quantitative estimate of drug-likeness (QED) is 0.515. The van der Waals surface area contributed by atoms with Crippen LogP contribution < -0.4 is 11.1 Å². The lowest BCUT2D eigenvalue weighted by Gasteiger charge is -2.30. The molecule has 0 spiro atoms. The fourth-order valence-electron chi connectivity index (χ4n) is 2.93. The molecule has 2 heteroatoms. The van der Waals surface area contributed by atoms with E-state index in [-0.39, 0.29) is 0 Å². The predicted octanol–water partition coefficient (Wildman–Crippen LogP) is 4.58. The summed E-state index contributed by atoms with van der Waals surface area (Å²) < 4.78 is 0. The Bertz CT molecular complexity index is 208. The monoisotopic (exact) mass is 284 g/mol. The Balaban J connectivity index is 3.77. The van der Waals surface area contributed by atoms with Crippen LogP contribution in [0.5, 0.6) is 0 Å². The molecule has 2 atom stereocenters. The van der Waals surface area contributed by atoms with E-state index in [9.17, 15) is 0 Å². The number of nitrogens with two attached hydrogens (primary N) is 1. The molecule has 0 amide bonds. The van der Waals surface area contributed by atoms with Gasteiger partial charge in [-0.3, -0.25) is 0 Å². The molecular formula is C18H40N2. The van der Waals surface area contributed by atoms with Crippen molar-refractivity contribution >= 4 is 0 Å². The van der Waals surface area contributed by atoms with Gasteiger partial charge in [0.05, 0.1) is 0 Å². The van der Waals surface area contributed by atoms with Gasteiger partial charge in [-0.05, 0) is 62.6 Å². The minimum atomic E-state index is 0.395. The molecule has 0 fully saturated rings. The lowest BCUT2D eigenvalue weighted by molar-refractivity contribution is 0.210. The average molecular weight is 285 g/mol. The van der Waals surface area contributed by atoms with Crippen LogP contribution in [0.3, 0.4) is 0 Å². The zero-order valence-electron chi connectivity index (χ0n) is 14.8. The van der Waals surface area contributed by atoms with Crippen LogP contribution in [-0.2, 0) is 0 Å². The van der Waals surface area contributed by atoms with Crippen LogP contribution in [-0.4, -0.2) is 19.6 Å². The first-order valence-electron chi connectivity index (χ1n) is 8.86. The van der Waals surface area contributed by atoms with Gasteiger partial charge < -0.3 is 11.1 Å². The molecule has 0 saturated carbocycles. The van der Waals surface area contributed by atoms with Gasteiger partial charge in [0.2, 0.25) is 0 Å². The maximum absolute atomic E-state index is 5.75. The molecule has 0 aliphatic heterocycles. The van der Waals surface area contributed by atoms with E-state index < -0.39 is 0 Å². The summed E-state index contributed by atoms with van der Waals surface area (Å²) in [6.07, 6.45) is 9.15. The maximum atomic E-state index is 5.75. The number of unbranched alkanes of at least 4 members (excludes halogenated alkanes) is 1. The van der Waals surface area contributed by atoms with Crippen molar-refractivity contribution in [2.75, 3.05) is 19.6 Å². The number of nitrogens with one attached hydrogen (secondary N) is 1. The molecule has 0 rings (SSSR count). The summed E-state index contributed by atoms with van der Waals surface area (Å²) in [5, 5.41) is 3.66. The van der Waals surface area contributed by atoms with E-state index in [2.05, 4.69) is 39.9 Å². The highest BCUT2D eigenvalue weighted by Crippen LogP contribution is 2.31. The van der Waals surface area contributed by atoms with Crippen LogP contribution in [0.1, 0.15) is 79.6 Å². The molecular weight excluding hydrogens is 244 g/mol. The molecule has 3 N–H and O–H groups in total. The topological polar surface area (TPSA) is 38.0 Å². The van der Waals surface area contributed by atoms with E-state index in [0.717, 1.165) is 24.8 Å². The van der Waals surface area contributed by atoms with Gasteiger partial charge in [0.25, 0.3) is 0 Å². The summed E-state index contributed by atoms with van der Waals surface area (Å²) in [5.41, 5.74) is 6.14. The summed E-state index contributed by atoms with van der Waals surface area (Å²) >= 11 is 0. The number of rotatable bonds is 12. The molecule has 2 nitrogen and oxygen atoms in total. The number of hydrogen-bond acceptors (Lipinski definition) is 2. The van der Waals surface area contributed by atoms with E-state index in [1.165, 1.54) is 51.6 Å². The van der Waals surface area contributed by atoms with Gasteiger partial charge in [-0.15, -0.1) is 0 Å². The minimum Gasteiger partial charge on any atom is -0.330 e. The minimum absolute atomic E-state index is 0.395. The molecule has 0 saturated heterocycles. The SMILES string of the molecule is CCCCC(CC)CNCCCC(CCN)C(C)(C)C. The van der Waals surface area contributed by atoms with Gasteiger partial charge in [0.15, 0.2) is 0 Å². The van der Waals surface area contributed by atoms with Crippen LogP contribution in [0.15, 0.2) is 0 Å². The molecule has 20 heavy (non-hydrogen) atoms. The Morgan fingerprint density at radius 2 is 1.70 bits per heavy atom. The van der Waals surface area contributed by atoms with E-state index in [4.69, 9.17) is 5.73 Å². The van der Waals surface area contributed by atoms with Gasteiger partial charge in [0, 0.05) is 0 Å². The average Bonchev–Trinajstić information content (AvgIpc) is 2.39. The largest absolute Gasteiger partial charge is 0.330 e. The highest BCUT2D eigenvalue weighted by molar-refractivity contribution is 4.74. The third kappa shape index (κ3) is 9.77. The van der Waals surface area contributed by atoms with Crippen molar-refractivity contribution in [1.29, 1.82) is 0 Å². The van der Waals surface area contributed by atoms with Crippen LogP contribution in [0.25, 0.3) is 0 Å². The first-order valence-corrected chi connectivity index (χ1v) is 8.86. The molecule has 0 aromatic heterocycles. The van der Waals surface area contributed by atoms with Crippen molar-refractivity contribution in [3.8, 4) is 0 Å². The van der Waals surface area contributed by atoms with Gasteiger partial charge in [-0.2, -0.15) is 0 Å². The molecule has 0 bridgehead atoms. The van der Waals surface area contributed by atoms with Crippen molar-refractivity contribution in [1.82, 2.24) is 5.32 Å². The first kappa shape index (κ1) is 19.9. The summed E-state index contributed by atoms with van der Waals surface area (Å²) in [5.74, 6) is 1.63. The normalized spacial score (nSPS) is 15.3. The van der Waals surface area contributed by atoms with Crippen molar-refractivity contribution in [3.63, 3.8) is 0 Å². The van der Waals surface area contributed by atoms with Crippen LogP contribution in [0.4, 0.5) is 0 Å². The van der Waals surface area contributed by atoms with Crippen molar-refractivity contribution in [2.45, 2.75) is 79.6 Å². The maximum Gasteiger partial charge on any atom is -0.00206 e. The van der Waals surface area contributed by atoms with E-state index in [0.29, 0.717) is 5.41 Å². The Labute approximate surface area is 128 Å². The van der Waals surface area contributed by atoms with Crippen molar-refractivity contribution in [3.05, 3.63) is 0 Å². The summed E-state index contributed by atoms with van der Waals surface area (Å²) in [6, 6.07) is 0. The molecule has 122 valence electrons. The van der Waals surface area contributed by atoms with Gasteiger partial charge in [-0.1, -0.05) is 53.9 Å². The van der Waals surface area contributed by atoms with E-state index in [1.807, 2.05) is 0 Å². The highest BCUT2D eigenvalue weighted by Gasteiger charge is 2.23. The molecule has 0 aliphatic carbocycles. The molecule has 0 aromatic rings. The van der Waals surface area contributed by atoms with Gasteiger partial charge >= 0.3 is 0 Å². The lowest BCUT2D eigenvalue weighted by Crippen LogP contribution is -2.27. The fraction of sp³-hybridized carbons (Fsp3) is 1.00. The standard InChI is InChI=1S/C18H40N2/c1-6-8-10-16(7-2)15-20-14-9-11-17(12-13-19)18(3,4)5/h16-17,20H,6-15,19H2,1-5H3. The fourth-order valence-corrected chi connectivity index (χ4v) is 2.93. The van der Waals surface area contributed by atoms with Crippen LogP contribution in [0, 0.1) is 17.3 Å². The lowest BCUT2D eigenvalue weighted by atomic mass is 9.76. The third-order valence-corrected chi connectivity index (χ3v) is 4.62. The molecule has 2 unspecified atom stereocenters. The Hall–Kier alpha value is -0.0800. The second-order valence-corrected chi connectivity index (χ2v) is 7.40. The van der Waals surface area contributed by atoms with Gasteiger partial charge in [0.1, 0.15) is 0 Å². The highest BCUT2D eigenvalue weighted by atomic mass is 14.8. The molecule has 0 radical (unpaired) electrons. The zero-order chi connectivity index (χ0) is 15.4. The van der Waals surface area contributed by atoms with Crippen molar-refractivity contribution in [2.24, 2.45) is 23.0 Å². The summed E-state index contributed by atoms with van der Waals surface area (Å²) in [7, 11) is 0. The van der Waals surface area contributed by atoms with Crippen molar-refractivity contribution < 1.29 is 0 Å². The zero-order valence-corrected chi connectivity index (χ0v) is 14.8. The second-order valence-electron chi connectivity index (χ2n) is 7.40. The smallest absolute Gasteiger partial charge is 0.00206 e. The van der Waals surface area contributed by atoms with E-state index in [1.54, 1.807) is 0 Å². The van der Waals surface area contributed by atoms with Crippen LogP contribution >= 0.6 is 0 Å². The Morgan fingerprint density at radius 1 is 1.00 bits per heavy atom. The summed E-state index contributed by atoms with van der Waals surface area (Å²) in [6.45, 7) is 14.8. The van der Waals surface area contributed by atoms with E-state index >= 15 is 0 Å². The van der Waals surface area contributed by atoms with Crippen LogP contribution in [0.2, 0.25) is 0 Å². The summed E-state index contributed by atoms with van der Waals surface area (Å²) in [4.78, 5) is 0. The third-order valence-electron chi connectivity index (χ3n) is 4.62. The second kappa shape index (κ2) is 11.6. The molecule has 0 aliphatic rings. The number of hydrogen-bond donors (Lipinski definition) is 2. The Morgan fingerprint density at radius 3 is 2.20 bits per heavy atom. The first-order chi connectivity index (χ1) is 9.45. The molecule has 0 aromatic carbocycles. The Kier molecular flexibility index (Phi) is 11.5. The van der Waals surface area contributed by atoms with Gasteiger partial charge in [-0.25, -0.2) is 0 Å². The predicted molar refractivity (Wildman–Crippen MR) is 92.0 cm³/mol. The molecule has 0 heterocycles.